The summed E-state index contributed by atoms with van der Waals surface area (Å²) in [7, 11) is -4.75. The van der Waals surface area contributed by atoms with E-state index in [0.717, 1.165) is 154 Å². The van der Waals surface area contributed by atoms with Gasteiger partial charge >= 0.3 is 25.7 Å². The maximum atomic E-state index is 12.9. The molecule has 0 aliphatic heterocycles. The molecule has 0 rings (SSSR count). The lowest BCUT2D eigenvalue weighted by Gasteiger charge is -2.21. The van der Waals surface area contributed by atoms with Crippen LogP contribution >= 0.6 is 7.82 Å². The summed E-state index contributed by atoms with van der Waals surface area (Å²) in [6, 6.07) is 0. The van der Waals surface area contributed by atoms with E-state index in [0.29, 0.717) is 19.3 Å². The highest BCUT2D eigenvalue weighted by Crippen LogP contribution is 2.43. The molecular formula is C58H99O11P. The summed E-state index contributed by atoms with van der Waals surface area (Å²) < 4.78 is 39.4. The number of carbonyl (C=O) groups excluding carboxylic acids is 3. The van der Waals surface area contributed by atoms with Crippen molar-refractivity contribution in [2.24, 2.45) is 0 Å². The SMILES string of the molecule is CC/C=C\C/C=C\C/C=C\C/C=C\CCCCCCCCC(=O)OCC(COP(=O)(O)OCC(CO)OC(=O)CCCCCCC/C=C\CCCC)OC(=O)CCCCCCC/C=C\C/C=C\CCC. The minimum Gasteiger partial charge on any atom is -0.462 e. The number of unbranched alkanes of at least 4 members (excludes halogenated alkanes) is 19. The number of phosphoric ester groups is 1. The molecule has 0 radical (unpaired) electrons. The number of aliphatic hydroxyl groups excluding tert-OH is 1. The molecule has 0 saturated heterocycles. The second-order valence-corrected chi connectivity index (χ2v) is 19.5. The van der Waals surface area contributed by atoms with Gasteiger partial charge in [0.25, 0.3) is 0 Å². The first-order valence-electron chi connectivity index (χ1n) is 27.5. The Morgan fingerprint density at radius 2 is 0.771 bits per heavy atom. The van der Waals surface area contributed by atoms with Gasteiger partial charge in [-0.05, 0) is 103 Å². The summed E-state index contributed by atoms with van der Waals surface area (Å²) in [5.41, 5.74) is 0. The maximum Gasteiger partial charge on any atom is 0.472 e. The predicted molar refractivity (Wildman–Crippen MR) is 288 cm³/mol. The highest BCUT2D eigenvalue weighted by atomic mass is 31.2. The summed E-state index contributed by atoms with van der Waals surface area (Å²) in [5.74, 6) is -1.51. The number of rotatable bonds is 50. The van der Waals surface area contributed by atoms with Gasteiger partial charge in [0, 0.05) is 19.3 Å². The van der Waals surface area contributed by atoms with Gasteiger partial charge in [-0.15, -0.1) is 0 Å². The van der Waals surface area contributed by atoms with Crippen LogP contribution < -0.4 is 0 Å². The zero-order valence-electron chi connectivity index (χ0n) is 44.2. The molecule has 70 heavy (non-hydrogen) atoms. The minimum atomic E-state index is -4.75. The molecule has 0 aromatic rings. The molecule has 0 spiro atoms. The number of carbonyl (C=O) groups is 3. The van der Waals surface area contributed by atoms with E-state index in [1.807, 2.05) is 0 Å². The summed E-state index contributed by atoms with van der Waals surface area (Å²) in [6.45, 7) is 4.37. The van der Waals surface area contributed by atoms with Crippen molar-refractivity contribution >= 4 is 25.7 Å². The molecule has 0 heterocycles. The minimum absolute atomic E-state index is 0.144. The fourth-order valence-corrected chi connectivity index (χ4v) is 7.85. The van der Waals surface area contributed by atoms with E-state index in [4.69, 9.17) is 23.3 Å². The van der Waals surface area contributed by atoms with Crippen molar-refractivity contribution in [3.8, 4) is 0 Å². The van der Waals surface area contributed by atoms with Crippen molar-refractivity contribution in [3.05, 3.63) is 85.1 Å². The molecular weight excluding hydrogens is 904 g/mol. The van der Waals surface area contributed by atoms with Gasteiger partial charge in [-0.25, -0.2) is 4.57 Å². The van der Waals surface area contributed by atoms with Crippen molar-refractivity contribution in [2.75, 3.05) is 26.4 Å². The average molecular weight is 1000 g/mol. The van der Waals surface area contributed by atoms with E-state index < -0.39 is 57.8 Å². The van der Waals surface area contributed by atoms with Crippen LogP contribution in [-0.4, -0.2) is 66.5 Å². The van der Waals surface area contributed by atoms with E-state index in [1.165, 1.54) is 12.8 Å². The standard InChI is InChI=1S/C58H99O11P/c1-4-7-10-13-16-19-22-24-25-26-27-28-29-31-33-35-38-41-44-47-56(60)65-51-55(69-58(62)49-46-43-40-37-34-30-23-20-17-14-11-8-5-2)53-67-70(63,64)66-52-54(50-59)68-57(61)48-45-42-39-36-32-21-18-15-12-9-6-3/h7,10-11,14-16,18-20,23-25,27-28,54-55,59H,4-6,8-9,12-13,17,21-22,26,29-53H2,1-3H3,(H,63,64)/b10-7-,14-11-,18-15-,19-16-,23-20-,25-24-,28-27-. The molecule has 3 unspecified atom stereocenters. The molecule has 12 heteroatoms. The van der Waals surface area contributed by atoms with Crippen LogP contribution in [0.15, 0.2) is 85.1 Å². The van der Waals surface area contributed by atoms with Crippen LogP contribution in [0.3, 0.4) is 0 Å². The predicted octanol–water partition coefficient (Wildman–Crippen LogP) is 15.9. The van der Waals surface area contributed by atoms with Crippen molar-refractivity contribution in [3.63, 3.8) is 0 Å². The fourth-order valence-electron chi connectivity index (χ4n) is 7.07. The van der Waals surface area contributed by atoms with Crippen molar-refractivity contribution < 1.29 is 52.2 Å². The molecule has 0 fully saturated rings. The lowest BCUT2D eigenvalue weighted by Crippen LogP contribution is -2.30. The Labute approximate surface area is 426 Å². The van der Waals surface area contributed by atoms with E-state index in [-0.39, 0.29) is 25.9 Å². The van der Waals surface area contributed by atoms with Gasteiger partial charge in [0.15, 0.2) is 6.10 Å². The lowest BCUT2D eigenvalue weighted by molar-refractivity contribution is -0.161. The Bertz CT molecular complexity index is 1500. The molecule has 0 aromatic carbocycles. The van der Waals surface area contributed by atoms with Crippen molar-refractivity contribution in [1.82, 2.24) is 0 Å². The van der Waals surface area contributed by atoms with Gasteiger partial charge in [-0.1, -0.05) is 189 Å². The van der Waals surface area contributed by atoms with E-state index in [1.54, 1.807) is 0 Å². The van der Waals surface area contributed by atoms with Gasteiger partial charge in [0.2, 0.25) is 0 Å². The summed E-state index contributed by atoms with van der Waals surface area (Å²) >= 11 is 0. The number of aliphatic hydroxyl groups is 1. The second kappa shape index (κ2) is 52.0. The van der Waals surface area contributed by atoms with Crippen LogP contribution in [0.5, 0.6) is 0 Å². The van der Waals surface area contributed by atoms with E-state index >= 15 is 0 Å². The molecule has 2 N–H and O–H groups in total. The lowest BCUT2D eigenvalue weighted by atomic mass is 10.1. The molecule has 0 aliphatic carbocycles. The van der Waals surface area contributed by atoms with Gasteiger partial charge < -0.3 is 24.2 Å². The Morgan fingerprint density at radius 3 is 1.21 bits per heavy atom. The number of phosphoric acid groups is 1. The molecule has 0 saturated carbocycles. The smallest absolute Gasteiger partial charge is 0.462 e. The molecule has 3 atom stereocenters. The highest BCUT2D eigenvalue weighted by molar-refractivity contribution is 7.47. The molecule has 0 amide bonds. The third-order valence-electron chi connectivity index (χ3n) is 11.3. The first-order valence-corrected chi connectivity index (χ1v) is 29.0. The van der Waals surface area contributed by atoms with Crippen LogP contribution in [0.4, 0.5) is 0 Å². The number of ether oxygens (including phenoxy) is 3. The fraction of sp³-hybridized carbons (Fsp3) is 0.707. The van der Waals surface area contributed by atoms with E-state index in [9.17, 15) is 28.9 Å². The maximum absolute atomic E-state index is 12.9. The Hall–Kier alpha value is -3.34. The summed E-state index contributed by atoms with van der Waals surface area (Å²) in [5, 5.41) is 9.77. The summed E-state index contributed by atoms with van der Waals surface area (Å²) in [6.07, 6.45) is 58.3. The van der Waals surface area contributed by atoms with Gasteiger partial charge in [-0.2, -0.15) is 0 Å². The Balaban J connectivity index is 4.76. The number of allylic oxidation sites excluding steroid dienone is 14. The normalized spacial score (nSPS) is 14.1. The molecule has 0 aliphatic rings. The largest absolute Gasteiger partial charge is 0.472 e. The topological polar surface area (TPSA) is 155 Å². The Kier molecular flexibility index (Phi) is 49.5. The summed E-state index contributed by atoms with van der Waals surface area (Å²) in [4.78, 5) is 48.4. The number of hydrogen-bond acceptors (Lipinski definition) is 10. The van der Waals surface area contributed by atoms with Crippen LogP contribution in [0.25, 0.3) is 0 Å². The number of hydrogen-bond donors (Lipinski definition) is 2. The van der Waals surface area contributed by atoms with Crippen LogP contribution in [0.2, 0.25) is 0 Å². The first-order chi connectivity index (χ1) is 34.2. The third kappa shape index (κ3) is 49.6. The van der Waals surface area contributed by atoms with Crippen LogP contribution in [-0.2, 0) is 42.2 Å². The Morgan fingerprint density at radius 1 is 0.414 bits per heavy atom. The average Bonchev–Trinajstić information content (AvgIpc) is 3.35. The molecule has 11 nitrogen and oxygen atoms in total. The van der Waals surface area contributed by atoms with Gasteiger partial charge in [-0.3, -0.25) is 23.4 Å². The highest BCUT2D eigenvalue weighted by Gasteiger charge is 2.28. The number of esters is 3. The van der Waals surface area contributed by atoms with Crippen LogP contribution in [0.1, 0.15) is 226 Å². The first kappa shape index (κ1) is 66.7. The molecule has 402 valence electrons. The van der Waals surface area contributed by atoms with Crippen molar-refractivity contribution in [2.45, 2.75) is 238 Å². The zero-order valence-corrected chi connectivity index (χ0v) is 45.1. The van der Waals surface area contributed by atoms with E-state index in [2.05, 4.69) is 106 Å². The van der Waals surface area contributed by atoms with Crippen molar-refractivity contribution in [1.29, 1.82) is 0 Å². The third-order valence-corrected chi connectivity index (χ3v) is 12.2. The van der Waals surface area contributed by atoms with Gasteiger partial charge in [0.05, 0.1) is 19.8 Å². The second-order valence-electron chi connectivity index (χ2n) is 18.0. The van der Waals surface area contributed by atoms with Crippen LogP contribution in [0, 0.1) is 0 Å². The quantitative estimate of drug-likeness (QED) is 0.0197. The molecule has 0 aromatic heterocycles. The monoisotopic (exact) mass is 1000 g/mol. The zero-order chi connectivity index (χ0) is 51.3. The van der Waals surface area contributed by atoms with Gasteiger partial charge in [0.1, 0.15) is 12.7 Å². The molecule has 0 bridgehead atoms.